The van der Waals surface area contributed by atoms with Gasteiger partial charge in [-0.15, -0.1) is 0 Å². The average molecular weight is 198 g/mol. The number of carbonyl (C=O) groups excluding carboxylic acids is 2. The first-order valence-corrected chi connectivity index (χ1v) is 5.09. The molecule has 1 aliphatic heterocycles. The number of hydrogen-bond acceptors (Lipinski definition) is 3. The summed E-state index contributed by atoms with van der Waals surface area (Å²) in [4.78, 5) is 23.9. The maximum Gasteiger partial charge on any atom is 0.226 e. The van der Waals surface area contributed by atoms with Crippen molar-refractivity contribution < 1.29 is 9.59 Å². The highest BCUT2D eigenvalue weighted by atomic mass is 16.2. The molecule has 1 saturated heterocycles. The van der Waals surface area contributed by atoms with Gasteiger partial charge in [-0.05, 0) is 32.9 Å². The number of nitrogens with zero attached hydrogens (tertiary/aromatic N) is 1. The van der Waals surface area contributed by atoms with E-state index in [2.05, 4.69) is 5.32 Å². The molecule has 1 N–H and O–H groups in total. The van der Waals surface area contributed by atoms with Crippen LogP contribution in [0.1, 0.15) is 19.8 Å². The van der Waals surface area contributed by atoms with Crippen molar-refractivity contribution in [3.05, 3.63) is 0 Å². The Hall–Kier alpha value is -0.900. The molecule has 1 fully saturated rings. The minimum absolute atomic E-state index is 0.101. The molecule has 0 aromatic heterocycles. The molecule has 0 aromatic carbocycles. The lowest BCUT2D eigenvalue weighted by atomic mass is 9.96. The molecule has 80 valence electrons. The fourth-order valence-electron chi connectivity index (χ4n) is 1.65. The molecule has 0 radical (unpaired) electrons. The molecule has 0 aromatic rings. The van der Waals surface area contributed by atoms with Gasteiger partial charge in [0.15, 0.2) is 0 Å². The van der Waals surface area contributed by atoms with Crippen LogP contribution in [0.5, 0.6) is 0 Å². The molecule has 0 bridgehead atoms. The van der Waals surface area contributed by atoms with Crippen molar-refractivity contribution in [2.75, 3.05) is 20.1 Å². The highest BCUT2D eigenvalue weighted by molar-refractivity contribution is 5.81. The topological polar surface area (TPSA) is 49.4 Å². The van der Waals surface area contributed by atoms with Gasteiger partial charge in [-0.3, -0.25) is 4.79 Å². The van der Waals surface area contributed by atoms with Crippen molar-refractivity contribution in [3.63, 3.8) is 0 Å². The summed E-state index contributed by atoms with van der Waals surface area (Å²) in [5, 5.41) is 3.21. The molecule has 1 amide bonds. The van der Waals surface area contributed by atoms with E-state index in [0.29, 0.717) is 0 Å². The molecule has 4 nitrogen and oxygen atoms in total. The standard InChI is InChI=1S/C10H18N2O2/c1-8(7-13)12(2)10(14)9-3-5-11-6-4-9/h7-9,11H,3-6H2,1-2H3/t8-/m0/s1. The van der Waals surface area contributed by atoms with Crippen LogP contribution in [0.3, 0.4) is 0 Å². The lowest BCUT2D eigenvalue weighted by Gasteiger charge is -2.28. The molecule has 0 unspecified atom stereocenters. The SMILES string of the molecule is C[C@@H](C=O)N(C)C(=O)C1CCNCC1. The van der Waals surface area contributed by atoms with Crippen LogP contribution in [-0.4, -0.2) is 43.3 Å². The van der Waals surface area contributed by atoms with Crippen LogP contribution in [-0.2, 0) is 9.59 Å². The summed E-state index contributed by atoms with van der Waals surface area (Å²) >= 11 is 0. The van der Waals surface area contributed by atoms with Crippen LogP contribution in [0.4, 0.5) is 0 Å². The molecule has 0 saturated carbocycles. The van der Waals surface area contributed by atoms with E-state index in [1.165, 1.54) is 0 Å². The minimum Gasteiger partial charge on any atom is -0.336 e. The summed E-state index contributed by atoms with van der Waals surface area (Å²) < 4.78 is 0. The summed E-state index contributed by atoms with van der Waals surface area (Å²) in [5.74, 6) is 0.203. The van der Waals surface area contributed by atoms with E-state index in [9.17, 15) is 9.59 Å². The molecule has 4 heteroatoms. The van der Waals surface area contributed by atoms with Crippen LogP contribution < -0.4 is 5.32 Å². The lowest BCUT2D eigenvalue weighted by Crippen LogP contribution is -2.43. The highest BCUT2D eigenvalue weighted by Gasteiger charge is 2.25. The Morgan fingerprint density at radius 2 is 2.07 bits per heavy atom. The Labute approximate surface area is 84.7 Å². The third-order valence-corrected chi connectivity index (χ3v) is 2.84. The van der Waals surface area contributed by atoms with Crippen molar-refractivity contribution in [3.8, 4) is 0 Å². The number of piperidine rings is 1. The lowest BCUT2D eigenvalue weighted by molar-refractivity contribution is -0.138. The van der Waals surface area contributed by atoms with Gasteiger partial charge in [-0.1, -0.05) is 0 Å². The second-order valence-corrected chi connectivity index (χ2v) is 3.85. The van der Waals surface area contributed by atoms with E-state index in [-0.39, 0.29) is 17.9 Å². The summed E-state index contributed by atoms with van der Waals surface area (Å²) in [5.41, 5.74) is 0. The number of nitrogens with one attached hydrogen (secondary N) is 1. The first-order valence-electron chi connectivity index (χ1n) is 5.09. The Balaban J connectivity index is 2.49. The summed E-state index contributed by atoms with van der Waals surface area (Å²) in [7, 11) is 1.70. The fourth-order valence-corrected chi connectivity index (χ4v) is 1.65. The minimum atomic E-state index is -0.308. The van der Waals surface area contributed by atoms with Crippen LogP contribution in [0, 0.1) is 5.92 Å². The van der Waals surface area contributed by atoms with Gasteiger partial charge in [0, 0.05) is 13.0 Å². The van der Waals surface area contributed by atoms with Crippen molar-refractivity contribution >= 4 is 12.2 Å². The van der Waals surface area contributed by atoms with Crippen LogP contribution in [0.25, 0.3) is 0 Å². The van der Waals surface area contributed by atoms with Gasteiger partial charge >= 0.3 is 0 Å². The number of carbonyl (C=O) groups is 2. The van der Waals surface area contributed by atoms with Crippen molar-refractivity contribution in [1.82, 2.24) is 10.2 Å². The largest absolute Gasteiger partial charge is 0.336 e. The zero-order valence-electron chi connectivity index (χ0n) is 8.82. The number of likely N-dealkylation sites (N-methyl/N-ethyl adjacent to an activating group) is 1. The highest BCUT2D eigenvalue weighted by Crippen LogP contribution is 2.15. The Morgan fingerprint density at radius 1 is 1.50 bits per heavy atom. The molecule has 1 heterocycles. The van der Waals surface area contributed by atoms with Gasteiger partial charge in [0.1, 0.15) is 6.29 Å². The number of amides is 1. The van der Waals surface area contributed by atoms with Crippen molar-refractivity contribution in [2.45, 2.75) is 25.8 Å². The van der Waals surface area contributed by atoms with E-state index in [0.717, 1.165) is 32.2 Å². The fraction of sp³-hybridized carbons (Fsp3) is 0.800. The van der Waals surface area contributed by atoms with Crippen molar-refractivity contribution in [2.24, 2.45) is 5.92 Å². The second-order valence-electron chi connectivity index (χ2n) is 3.85. The third-order valence-electron chi connectivity index (χ3n) is 2.84. The Bertz CT molecular complexity index is 212. The first kappa shape index (κ1) is 11.2. The molecule has 1 aliphatic rings. The average Bonchev–Trinajstić information content (AvgIpc) is 2.27. The third kappa shape index (κ3) is 2.54. The maximum atomic E-state index is 11.8. The first-order chi connectivity index (χ1) is 6.66. The van der Waals surface area contributed by atoms with E-state index < -0.39 is 0 Å². The molecule has 0 aliphatic carbocycles. The Morgan fingerprint density at radius 3 is 2.57 bits per heavy atom. The number of hydrogen-bond donors (Lipinski definition) is 1. The van der Waals surface area contributed by atoms with Crippen LogP contribution in [0.2, 0.25) is 0 Å². The predicted molar refractivity (Wildman–Crippen MR) is 53.9 cm³/mol. The summed E-state index contributed by atoms with van der Waals surface area (Å²) in [6, 6.07) is -0.308. The van der Waals surface area contributed by atoms with Gasteiger partial charge in [0.2, 0.25) is 5.91 Å². The molecule has 14 heavy (non-hydrogen) atoms. The van der Waals surface area contributed by atoms with E-state index in [1.54, 1.807) is 18.9 Å². The van der Waals surface area contributed by atoms with Gasteiger partial charge < -0.3 is 15.0 Å². The van der Waals surface area contributed by atoms with Gasteiger partial charge in [0.25, 0.3) is 0 Å². The molecular formula is C10H18N2O2. The van der Waals surface area contributed by atoms with Crippen LogP contribution >= 0.6 is 0 Å². The molecule has 1 atom stereocenters. The van der Waals surface area contributed by atoms with Gasteiger partial charge in [-0.2, -0.15) is 0 Å². The molecule has 0 spiro atoms. The second kappa shape index (κ2) is 5.10. The van der Waals surface area contributed by atoms with E-state index in [4.69, 9.17) is 0 Å². The molecule has 1 rings (SSSR count). The number of aldehydes is 1. The van der Waals surface area contributed by atoms with Crippen LogP contribution in [0.15, 0.2) is 0 Å². The number of rotatable bonds is 3. The van der Waals surface area contributed by atoms with E-state index >= 15 is 0 Å². The zero-order valence-corrected chi connectivity index (χ0v) is 8.82. The zero-order chi connectivity index (χ0) is 10.6. The normalized spacial score (nSPS) is 20.1. The Kier molecular flexibility index (Phi) is 4.07. The summed E-state index contributed by atoms with van der Waals surface area (Å²) in [6.07, 6.45) is 2.57. The quantitative estimate of drug-likeness (QED) is 0.651. The van der Waals surface area contributed by atoms with E-state index in [1.807, 2.05) is 0 Å². The summed E-state index contributed by atoms with van der Waals surface area (Å²) in [6.45, 7) is 3.55. The maximum absolute atomic E-state index is 11.8. The predicted octanol–water partition coefficient (Wildman–Crippen LogP) is 0.0318. The monoisotopic (exact) mass is 198 g/mol. The van der Waals surface area contributed by atoms with Crippen molar-refractivity contribution in [1.29, 1.82) is 0 Å². The smallest absolute Gasteiger partial charge is 0.226 e. The molecular weight excluding hydrogens is 180 g/mol. The van der Waals surface area contributed by atoms with Gasteiger partial charge in [0.05, 0.1) is 6.04 Å². The van der Waals surface area contributed by atoms with Gasteiger partial charge in [-0.25, -0.2) is 0 Å².